The van der Waals surface area contributed by atoms with Crippen LogP contribution in [-0.4, -0.2) is 27.4 Å². The van der Waals surface area contributed by atoms with Crippen LogP contribution in [0.5, 0.6) is 17.2 Å². The molecular weight excluding hydrogens is 230 g/mol. The molecule has 4 heteroatoms. The highest BCUT2D eigenvalue weighted by molar-refractivity contribution is 5.54. The van der Waals surface area contributed by atoms with Crippen molar-refractivity contribution in [1.29, 1.82) is 0 Å². The number of ether oxygens (including phenoxy) is 3. The van der Waals surface area contributed by atoms with Crippen molar-refractivity contribution in [3.8, 4) is 17.2 Å². The van der Waals surface area contributed by atoms with Crippen LogP contribution in [0.15, 0.2) is 24.3 Å². The lowest BCUT2D eigenvalue weighted by Gasteiger charge is -2.15. The summed E-state index contributed by atoms with van der Waals surface area (Å²) in [4.78, 5) is 0. The molecule has 0 saturated heterocycles. The quantitative estimate of drug-likeness (QED) is 0.754. The Morgan fingerprint density at radius 2 is 1.78 bits per heavy atom. The van der Waals surface area contributed by atoms with Crippen molar-refractivity contribution in [3.05, 3.63) is 29.8 Å². The van der Waals surface area contributed by atoms with Gasteiger partial charge in [0.2, 0.25) is 5.75 Å². The summed E-state index contributed by atoms with van der Waals surface area (Å²) in [5, 5.41) is 0. The third kappa shape index (κ3) is 3.67. The van der Waals surface area contributed by atoms with Crippen LogP contribution in [0.4, 0.5) is 0 Å². The SMILES string of the molecule is CC=CCOc1c(OC)cc(CCN)cc1OC. The molecule has 0 bridgehead atoms. The number of benzene rings is 1. The zero-order valence-corrected chi connectivity index (χ0v) is 11.2. The van der Waals surface area contributed by atoms with Crippen LogP contribution in [0.1, 0.15) is 12.5 Å². The molecule has 1 aromatic rings. The van der Waals surface area contributed by atoms with Crippen LogP contribution >= 0.6 is 0 Å². The Hall–Kier alpha value is -1.68. The van der Waals surface area contributed by atoms with Crippen LogP contribution < -0.4 is 19.9 Å². The van der Waals surface area contributed by atoms with Gasteiger partial charge in [-0.25, -0.2) is 0 Å². The van der Waals surface area contributed by atoms with Gasteiger partial charge in [0.15, 0.2) is 11.5 Å². The van der Waals surface area contributed by atoms with E-state index >= 15 is 0 Å². The van der Waals surface area contributed by atoms with Gasteiger partial charge in [0, 0.05) is 0 Å². The molecule has 1 rings (SSSR count). The number of hydrogen-bond acceptors (Lipinski definition) is 4. The number of rotatable bonds is 7. The molecule has 0 heterocycles. The molecule has 2 N–H and O–H groups in total. The van der Waals surface area contributed by atoms with Crippen molar-refractivity contribution in [2.75, 3.05) is 27.4 Å². The molecule has 0 aromatic heterocycles. The van der Waals surface area contributed by atoms with E-state index in [1.54, 1.807) is 14.2 Å². The average Bonchev–Trinajstić information content (AvgIpc) is 2.40. The number of methoxy groups -OCH3 is 2. The van der Waals surface area contributed by atoms with E-state index in [0.29, 0.717) is 30.4 Å². The second-order valence-electron chi connectivity index (χ2n) is 3.75. The Morgan fingerprint density at radius 1 is 1.17 bits per heavy atom. The van der Waals surface area contributed by atoms with Gasteiger partial charge < -0.3 is 19.9 Å². The van der Waals surface area contributed by atoms with Gasteiger partial charge in [0.1, 0.15) is 6.61 Å². The highest BCUT2D eigenvalue weighted by Crippen LogP contribution is 2.38. The summed E-state index contributed by atoms with van der Waals surface area (Å²) in [7, 11) is 3.23. The molecule has 1 aromatic carbocycles. The van der Waals surface area contributed by atoms with Gasteiger partial charge in [-0.3, -0.25) is 0 Å². The smallest absolute Gasteiger partial charge is 0.203 e. The normalized spacial score (nSPS) is 10.7. The molecule has 0 radical (unpaired) electrons. The molecule has 0 fully saturated rings. The maximum absolute atomic E-state index is 5.66. The number of nitrogens with two attached hydrogens (primary N) is 1. The summed E-state index contributed by atoms with van der Waals surface area (Å²) in [5.41, 5.74) is 6.63. The van der Waals surface area contributed by atoms with Gasteiger partial charge in [-0.2, -0.15) is 0 Å². The van der Waals surface area contributed by atoms with Crippen molar-refractivity contribution in [1.82, 2.24) is 0 Å². The lowest BCUT2D eigenvalue weighted by Crippen LogP contribution is -2.05. The maximum atomic E-state index is 5.66. The van der Waals surface area contributed by atoms with E-state index in [-0.39, 0.29) is 0 Å². The summed E-state index contributed by atoms with van der Waals surface area (Å²) < 4.78 is 16.3. The Balaban J connectivity index is 3.04. The fraction of sp³-hybridized carbons (Fsp3) is 0.429. The Kier molecular flexibility index (Phi) is 6.08. The van der Waals surface area contributed by atoms with E-state index in [0.717, 1.165) is 12.0 Å². The zero-order valence-electron chi connectivity index (χ0n) is 11.2. The van der Waals surface area contributed by atoms with Crippen LogP contribution in [0.25, 0.3) is 0 Å². The summed E-state index contributed by atoms with van der Waals surface area (Å²) in [6, 6.07) is 3.86. The van der Waals surface area contributed by atoms with Crippen LogP contribution in [0.2, 0.25) is 0 Å². The van der Waals surface area contributed by atoms with Crippen LogP contribution in [-0.2, 0) is 6.42 Å². The fourth-order valence-electron chi connectivity index (χ4n) is 1.62. The third-order valence-electron chi connectivity index (χ3n) is 2.51. The first kappa shape index (κ1) is 14.4. The third-order valence-corrected chi connectivity index (χ3v) is 2.51. The lowest BCUT2D eigenvalue weighted by atomic mass is 10.1. The summed E-state index contributed by atoms with van der Waals surface area (Å²) in [6.45, 7) is 3.02. The van der Waals surface area contributed by atoms with Gasteiger partial charge in [-0.15, -0.1) is 0 Å². The predicted octanol–water partition coefficient (Wildman–Crippen LogP) is 2.16. The van der Waals surface area contributed by atoms with Crippen molar-refractivity contribution in [3.63, 3.8) is 0 Å². The summed E-state index contributed by atoms with van der Waals surface area (Å²) >= 11 is 0. The summed E-state index contributed by atoms with van der Waals surface area (Å²) in [6.07, 6.45) is 4.64. The molecule has 0 aliphatic rings. The monoisotopic (exact) mass is 251 g/mol. The van der Waals surface area contributed by atoms with Crippen molar-refractivity contribution >= 4 is 0 Å². The molecule has 0 amide bonds. The highest BCUT2D eigenvalue weighted by atomic mass is 16.5. The molecule has 0 spiro atoms. The first-order valence-corrected chi connectivity index (χ1v) is 5.95. The average molecular weight is 251 g/mol. The van der Waals surface area contributed by atoms with Crippen molar-refractivity contribution < 1.29 is 14.2 Å². The molecule has 100 valence electrons. The molecule has 0 aliphatic heterocycles. The van der Waals surface area contributed by atoms with E-state index in [2.05, 4.69) is 0 Å². The second-order valence-corrected chi connectivity index (χ2v) is 3.75. The second kappa shape index (κ2) is 7.61. The van der Waals surface area contributed by atoms with E-state index < -0.39 is 0 Å². The Bertz CT molecular complexity index is 377. The van der Waals surface area contributed by atoms with Crippen molar-refractivity contribution in [2.24, 2.45) is 5.73 Å². The van der Waals surface area contributed by atoms with Gasteiger partial charge in [0.25, 0.3) is 0 Å². The number of hydrogen-bond donors (Lipinski definition) is 1. The van der Waals surface area contributed by atoms with Gasteiger partial charge >= 0.3 is 0 Å². The van der Waals surface area contributed by atoms with Crippen LogP contribution in [0, 0.1) is 0 Å². The largest absolute Gasteiger partial charge is 0.493 e. The van der Waals surface area contributed by atoms with Crippen LogP contribution in [0.3, 0.4) is 0 Å². The first-order chi connectivity index (χ1) is 8.76. The minimum atomic E-state index is 0.486. The summed E-state index contributed by atoms with van der Waals surface area (Å²) in [5.74, 6) is 1.96. The highest BCUT2D eigenvalue weighted by Gasteiger charge is 2.13. The molecule has 0 aliphatic carbocycles. The minimum absolute atomic E-state index is 0.486. The predicted molar refractivity (Wildman–Crippen MR) is 72.6 cm³/mol. The zero-order chi connectivity index (χ0) is 13.4. The molecule has 0 atom stereocenters. The fourth-order valence-corrected chi connectivity index (χ4v) is 1.62. The molecule has 0 unspecified atom stereocenters. The lowest BCUT2D eigenvalue weighted by molar-refractivity contribution is 0.300. The van der Waals surface area contributed by atoms with E-state index in [1.807, 2.05) is 31.2 Å². The van der Waals surface area contributed by atoms with Gasteiger partial charge in [-0.05, 0) is 37.6 Å². The topological polar surface area (TPSA) is 53.7 Å². The van der Waals surface area contributed by atoms with Gasteiger partial charge in [0.05, 0.1) is 14.2 Å². The minimum Gasteiger partial charge on any atom is -0.493 e. The van der Waals surface area contributed by atoms with E-state index in [4.69, 9.17) is 19.9 Å². The Labute approximate surface area is 108 Å². The molecule has 0 saturated carbocycles. The first-order valence-electron chi connectivity index (χ1n) is 5.95. The van der Waals surface area contributed by atoms with Gasteiger partial charge in [-0.1, -0.05) is 12.2 Å². The molecule has 4 nitrogen and oxygen atoms in total. The Morgan fingerprint density at radius 3 is 2.22 bits per heavy atom. The van der Waals surface area contributed by atoms with E-state index in [1.165, 1.54) is 0 Å². The molecular formula is C14H21NO3. The maximum Gasteiger partial charge on any atom is 0.203 e. The standard InChI is InChI=1S/C14H21NO3/c1-4-5-8-18-14-12(16-2)9-11(6-7-15)10-13(14)17-3/h4-5,9-10H,6-8,15H2,1-3H3. The van der Waals surface area contributed by atoms with E-state index in [9.17, 15) is 0 Å². The molecule has 18 heavy (non-hydrogen) atoms. The van der Waals surface area contributed by atoms with Crippen molar-refractivity contribution in [2.45, 2.75) is 13.3 Å². The number of allylic oxidation sites excluding steroid dienone is 1.